The maximum Gasteiger partial charge on any atom is 0.220 e. The Morgan fingerprint density at radius 2 is 1.97 bits per heavy atom. The lowest BCUT2D eigenvalue weighted by molar-refractivity contribution is -0.125. The van der Waals surface area contributed by atoms with E-state index in [1.165, 1.54) is 5.57 Å². The van der Waals surface area contributed by atoms with E-state index in [0.717, 1.165) is 41.4 Å². The van der Waals surface area contributed by atoms with Crippen molar-refractivity contribution in [3.63, 3.8) is 0 Å². The first-order chi connectivity index (χ1) is 14.7. The number of carbonyl (C=O) groups is 1. The first-order valence-electron chi connectivity index (χ1n) is 10.1. The van der Waals surface area contributed by atoms with E-state index in [0.29, 0.717) is 19.6 Å². The summed E-state index contributed by atoms with van der Waals surface area (Å²) in [5, 5.41) is 2.83. The molecule has 0 saturated carbocycles. The van der Waals surface area contributed by atoms with Gasteiger partial charge in [-0.25, -0.2) is 4.98 Å². The molecule has 1 aromatic carbocycles. The number of fused-ring (bicyclic) bond motifs is 1. The molecule has 1 atom stereocenters. The molecule has 0 spiro atoms. The summed E-state index contributed by atoms with van der Waals surface area (Å²) < 4.78 is 13.8. The number of benzene rings is 1. The molecule has 0 bridgehead atoms. The molecule has 0 unspecified atom stereocenters. The highest BCUT2D eigenvalue weighted by Crippen LogP contribution is 2.25. The maximum absolute atomic E-state index is 11.2. The monoisotopic (exact) mass is 402 g/mol. The predicted molar refractivity (Wildman–Crippen MR) is 114 cm³/mol. The van der Waals surface area contributed by atoms with Crippen LogP contribution in [-0.2, 0) is 16.1 Å². The van der Waals surface area contributed by atoms with Crippen molar-refractivity contribution in [3.8, 4) is 11.5 Å². The number of hydrogen-bond donors (Lipinski definition) is 1. The Hall–Kier alpha value is -3.45. The van der Waals surface area contributed by atoms with E-state index in [1.807, 2.05) is 53.4 Å². The third-order valence-corrected chi connectivity index (χ3v) is 5.26. The summed E-state index contributed by atoms with van der Waals surface area (Å²) in [6.07, 6.45) is 9.04. The number of aliphatic imine (C=N–C) groups is 1. The van der Waals surface area contributed by atoms with Crippen LogP contribution in [0.1, 0.15) is 24.1 Å². The number of carbonyl (C=O) groups excluding carboxylic acids is 1. The highest BCUT2D eigenvalue weighted by molar-refractivity contribution is 5.89. The standard InChI is InChI=1S/C23H22N4O3/c28-23-8-6-20(12-25-23)29-15-18-13-27-14-21(5-7-22(27)26-18)30-19-3-1-16(2-4-19)17-9-10-24-11-17/h1-5,7,9-10,13-14,20H,6,8,11-12,15H2,(H,25,28)/t20-/m1/s1. The number of piperidine rings is 1. The Kier molecular flexibility index (Phi) is 5.03. The number of imidazole rings is 1. The van der Waals surface area contributed by atoms with Gasteiger partial charge in [-0.2, -0.15) is 0 Å². The van der Waals surface area contributed by atoms with Crippen LogP contribution in [-0.4, -0.2) is 40.7 Å². The summed E-state index contributed by atoms with van der Waals surface area (Å²) in [5.41, 5.74) is 4.06. The molecule has 0 aliphatic carbocycles. The zero-order valence-corrected chi connectivity index (χ0v) is 16.5. The molecule has 1 saturated heterocycles. The molecule has 7 heteroatoms. The van der Waals surface area contributed by atoms with Gasteiger partial charge in [0.25, 0.3) is 0 Å². The molecule has 152 valence electrons. The van der Waals surface area contributed by atoms with Gasteiger partial charge in [0, 0.05) is 25.4 Å². The fraction of sp³-hybridized carbons (Fsp3) is 0.261. The van der Waals surface area contributed by atoms with Gasteiger partial charge in [-0.1, -0.05) is 12.1 Å². The summed E-state index contributed by atoms with van der Waals surface area (Å²) in [7, 11) is 0. The number of ether oxygens (including phenoxy) is 2. The largest absolute Gasteiger partial charge is 0.456 e. The summed E-state index contributed by atoms with van der Waals surface area (Å²) in [4.78, 5) is 20.1. The third-order valence-electron chi connectivity index (χ3n) is 5.26. The van der Waals surface area contributed by atoms with Crippen molar-refractivity contribution in [3.05, 3.63) is 66.1 Å². The van der Waals surface area contributed by atoms with Crippen LogP contribution in [0.4, 0.5) is 0 Å². The lowest BCUT2D eigenvalue weighted by atomic mass is 10.1. The molecule has 30 heavy (non-hydrogen) atoms. The van der Waals surface area contributed by atoms with Crippen LogP contribution in [0.5, 0.6) is 11.5 Å². The molecule has 7 nitrogen and oxygen atoms in total. The quantitative estimate of drug-likeness (QED) is 0.686. The molecule has 2 aliphatic heterocycles. The topological polar surface area (TPSA) is 77.2 Å². The fourth-order valence-electron chi connectivity index (χ4n) is 3.62. The van der Waals surface area contributed by atoms with Crippen molar-refractivity contribution in [2.24, 2.45) is 4.99 Å². The van der Waals surface area contributed by atoms with E-state index in [-0.39, 0.29) is 12.0 Å². The predicted octanol–water partition coefficient (Wildman–Crippen LogP) is 3.39. The van der Waals surface area contributed by atoms with Crippen molar-refractivity contribution in [1.82, 2.24) is 14.7 Å². The van der Waals surface area contributed by atoms with Gasteiger partial charge in [0.15, 0.2) is 0 Å². The van der Waals surface area contributed by atoms with E-state index >= 15 is 0 Å². The number of hydrogen-bond acceptors (Lipinski definition) is 5. The van der Waals surface area contributed by atoms with Crippen molar-refractivity contribution < 1.29 is 14.3 Å². The fourth-order valence-corrected chi connectivity index (χ4v) is 3.62. The van der Waals surface area contributed by atoms with Crippen molar-refractivity contribution in [1.29, 1.82) is 0 Å². The zero-order valence-electron chi connectivity index (χ0n) is 16.5. The number of nitrogens with zero attached hydrogens (tertiary/aromatic N) is 3. The van der Waals surface area contributed by atoms with Gasteiger partial charge in [0.05, 0.1) is 31.1 Å². The van der Waals surface area contributed by atoms with Crippen molar-refractivity contribution in [2.75, 3.05) is 13.1 Å². The molecule has 1 amide bonds. The van der Waals surface area contributed by atoms with Gasteiger partial charge in [0.1, 0.15) is 17.1 Å². The van der Waals surface area contributed by atoms with Crippen LogP contribution in [0, 0.1) is 0 Å². The number of aromatic nitrogens is 2. The summed E-state index contributed by atoms with van der Waals surface area (Å²) >= 11 is 0. The van der Waals surface area contributed by atoms with Crippen LogP contribution in [0.25, 0.3) is 11.2 Å². The summed E-state index contributed by atoms with van der Waals surface area (Å²) in [5.74, 6) is 1.61. The second-order valence-electron chi connectivity index (χ2n) is 7.45. The van der Waals surface area contributed by atoms with E-state index in [2.05, 4.69) is 27.4 Å². The molecule has 5 rings (SSSR count). The van der Waals surface area contributed by atoms with E-state index in [9.17, 15) is 4.79 Å². The van der Waals surface area contributed by atoms with Crippen molar-refractivity contribution >= 4 is 23.3 Å². The molecule has 4 heterocycles. The number of pyridine rings is 1. The first-order valence-corrected chi connectivity index (χ1v) is 10.1. The van der Waals surface area contributed by atoms with Gasteiger partial charge in [-0.3, -0.25) is 9.79 Å². The molecule has 2 aliphatic rings. The Morgan fingerprint density at radius 1 is 1.10 bits per heavy atom. The maximum atomic E-state index is 11.2. The second kappa shape index (κ2) is 8.12. The van der Waals surface area contributed by atoms with Gasteiger partial charge in [-0.15, -0.1) is 0 Å². The molecular formula is C23H22N4O3. The average Bonchev–Trinajstić information content (AvgIpc) is 3.43. The molecule has 1 fully saturated rings. The Labute approximate surface area is 174 Å². The van der Waals surface area contributed by atoms with Crippen molar-refractivity contribution in [2.45, 2.75) is 25.6 Å². The lowest BCUT2D eigenvalue weighted by Crippen LogP contribution is -2.39. The molecule has 1 N–H and O–H groups in total. The molecule has 2 aromatic heterocycles. The zero-order chi connectivity index (χ0) is 20.3. The lowest BCUT2D eigenvalue weighted by Gasteiger charge is -2.22. The molecule has 3 aromatic rings. The van der Waals surface area contributed by atoms with Gasteiger partial charge in [-0.05, 0) is 47.9 Å². The van der Waals surface area contributed by atoms with Crippen LogP contribution in [0.3, 0.4) is 0 Å². The van der Waals surface area contributed by atoms with E-state index in [4.69, 9.17) is 9.47 Å². The van der Waals surface area contributed by atoms with Crippen LogP contribution >= 0.6 is 0 Å². The van der Waals surface area contributed by atoms with Crippen LogP contribution in [0.2, 0.25) is 0 Å². The minimum Gasteiger partial charge on any atom is -0.456 e. The van der Waals surface area contributed by atoms with Crippen LogP contribution in [0.15, 0.2) is 59.9 Å². The number of rotatable bonds is 6. The highest BCUT2D eigenvalue weighted by atomic mass is 16.5. The Balaban J connectivity index is 1.23. The SMILES string of the molecule is O=C1CC[C@@H](OCc2cn3cc(Oc4ccc(C5=CC=NC5)cc4)ccc3n2)CN1. The summed E-state index contributed by atoms with van der Waals surface area (Å²) in [6.45, 7) is 1.71. The third kappa shape index (κ3) is 4.11. The smallest absolute Gasteiger partial charge is 0.220 e. The number of nitrogens with one attached hydrogen (secondary N) is 1. The van der Waals surface area contributed by atoms with Gasteiger partial charge in [0.2, 0.25) is 5.91 Å². The van der Waals surface area contributed by atoms with E-state index < -0.39 is 0 Å². The van der Waals surface area contributed by atoms with Gasteiger partial charge >= 0.3 is 0 Å². The Bertz CT molecular complexity index is 1120. The second-order valence-corrected chi connectivity index (χ2v) is 7.45. The highest BCUT2D eigenvalue weighted by Gasteiger charge is 2.18. The Morgan fingerprint density at radius 3 is 2.73 bits per heavy atom. The first kappa shape index (κ1) is 18.6. The minimum atomic E-state index is 0.0425. The molecule has 0 radical (unpaired) electrons. The average molecular weight is 402 g/mol. The minimum absolute atomic E-state index is 0.0425. The van der Waals surface area contributed by atoms with Gasteiger partial charge < -0.3 is 19.2 Å². The number of allylic oxidation sites excluding steroid dienone is 1. The molecular weight excluding hydrogens is 380 g/mol. The number of amides is 1. The normalized spacial score (nSPS) is 18.5. The van der Waals surface area contributed by atoms with E-state index in [1.54, 1.807) is 0 Å². The summed E-state index contributed by atoms with van der Waals surface area (Å²) in [6, 6.07) is 11.9. The van der Waals surface area contributed by atoms with Crippen LogP contribution < -0.4 is 10.1 Å².